The van der Waals surface area contributed by atoms with E-state index in [1.54, 1.807) is 12.1 Å². The van der Waals surface area contributed by atoms with Gasteiger partial charge in [-0.15, -0.1) is 11.3 Å². The van der Waals surface area contributed by atoms with E-state index in [0.717, 1.165) is 41.9 Å². The summed E-state index contributed by atoms with van der Waals surface area (Å²) in [4.78, 5) is 26.3. The summed E-state index contributed by atoms with van der Waals surface area (Å²) in [6.45, 7) is 2.98. The quantitative estimate of drug-likeness (QED) is 0.728. The van der Waals surface area contributed by atoms with E-state index in [-0.39, 0.29) is 28.0 Å². The smallest absolute Gasteiger partial charge is 0.250 e. The van der Waals surface area contributed by atoms with Crippen LogP contribution in [0.25, 0.3) is 0 Å². The van der Waals surface area contributed by atoms with Gasteiger partial charge in [0.15, 0.2) is 0 Å². The molecule has 3 rings (SSSR count). The highest BCUT2D eigenvalue weighted by Crippen LogP contribution is 2.27. The van der Waals surface area contributed by atoms with E-state index in [1.807, 2.05) is 4.90 Å². The Morgan fingerprint density at radius 2 is 1.79 bits per heavy atom. The summed E-state index contributed by atoms with van der Waals surface area (Å²) in [5.74, 6) is 0.266. The van der Waals surface area contributed by atoms with Gasteiger partial charge in [0.05, 0.1) is 6.54 Å². The van der Waals surface area contributed by atoms with Crippen LogP contribution in [-0.4, -0.2) is 44.3 Å². The van der Waals surface area contributed by atoms with E-state index < -0.39 is 10.0 Å². The van der Waals surface area contributed by atoms with Crippen molar-refractivity contribution in [3.05, 3.63) is 17.0 Å². The molecular formula is C19H29N3O4S2. The van der Waals surface area contributed by atoms with Crippen molar-refractivity contribution in [2.24, 2.45) is 5.92 Å². The Kier molecular flexibility index (Phi) is 7.11. The molecule has 9 heteroatoms. The number of hydrogen-bond donors (Lipinski definition) is 2. The van der Waals surface area contributed by atoms with Crippen molar-refractivity contribution < 1.29 is 18.0 Å². The van der Waals surface area contributed by atoms with Crippen molar-refractivity contribution in [2.45, 2.75) is 68.7 Å². The SMILES string of the molecule is CC(=O)NCc1ccc(S(=O)(=O)NC2CCN(C(=O)C3CCCCC3)CC2)s1. The molecule has 0 bridgehead atoms. The summed E-state index contributed by atoms with van der Waals surface area (Å²) < 4.78 is 28.3. The number of sulfonamides is 1. The van der Waals surface area contributed by atoms with Gasteiger partial charge in [0.2, 0.25) is 21.8 Å². The number of likely N-dealkylation sites (tertiary alicyclic amines) is 1. The molecule has 2 N–H and O–H groups in total. The fourth-order valence-electron chi connectivity index (χ4n) is 3.91. The Balaban J connectivity index is 1.50. The van der Waals surface area contributed by atoms with Gasteiger partial charge in [-0.05, 0) is 37.8 Å². The molecule has 1 saturated heterocycles. The molecule has 2 heterocycles. The van der Waals surface area contributed by atoms with Crippen LogP contribution in [0.3, 0.4) is 0 Å². The van der Waals surface area contributed by atoms with Crippen molar-refractivity contribution in [1.29, 1.82) is 0 Å². The average Bonchev–Trinajstić information content (AvgIpc) is 3.17. The van der Waals surface area contributed by atoms with Crippen LogP contribution in [0.2, 0.25) is 0 Å². The van der Waals surface area contributed by atoms with E-state index in [4.69, 9.17) is 0 Å². The maximum atomic E-state index is 12.6. The zero-order valence-corrected chi connectivity index (χ0v) is 17.9. The molecule has 28 heavy (non-hydrogen) atoms. The average molecular weight is 428 g/mol. The first-order valence-corrected chi connectivity index (χ1v) is 12.3. The predicted octanol–water partition coefficient (Wildman–Crippen LogP) is 2.23. The number of nitrogens with zero attached hydrogens (tertiary/aromatic N) is 1. The molecule has 2 amide bonds. The van der Waals surface area contributed by atoms with Gasteiger partial charge in [-0.1, -0.05) is 19.3 Å². The largest absolute Gasteiger partial charge is 0.351 e. The van der Waals surface area contributed by atoms with Crippen LogP contribution in [0.1, 0.15) is 56.7 Å². The number of carbonyl (C=O) groups is 2. The van der Waals surface area contributed by atoms with Gasteiger partial charge in [-0.2, -0.15) is 0 Å². The molecule has 7 nitrogen and oxygen atoms in total. The van der Waals surface area contributed by atoms with Gasteiger partial charge in [-0.25, -0.2) is 13.1 Å². The predicted molar refractivity (Wildman–Crippen MR) is 108 cm³/mol. The van der Waals surface area contributed by atoms with Crippen LogP contribution < -0.4 is 10.0 Å². The Hall–Kier alpha value is -1.45. The lowest BCUT2D eigenvalue weighted by Gasteiger charge is -2.35. The topological polar surface area (TPSA) is 95.6 Å². The second-order valence-corrected chi connectivity index (χ2v) is 10.8. The minimum Gasteiger partial charge on any atom is -0.351 e. The van der Waals surface area contributed by atoms with Crippen LogP contribution >= 0.6 is 11.3 Å². The molecule has 0 radical (unpaired) electrons. The Morgan fingerprint density at radius 3 is 2.43 bits per heavy atom. The Labute approximate surface area is 170 Å². The summed E-state index contributed by atoms with van der Waals surface area (Å²) in [5.41, 5.74) is 0. The summed E-state index contributed by atoms with van der Waals surface area (Å²) in [6.07, 6.45) is 6.76. The van der Waals surface area contributed by atoms with Gasteiger partial charge in [-0.3, -0.25) is 9.59 Å². The van der Waals surface area contributed by atoms with Crippen LogP contribution in [0.5, 0.6) is 0 Å². The van der Waals surface area contributed by atoms with Gasteiger partial charge in [0.1, 0.15) is 4.21 Å². The molecule has 1 aliphatic carbocycles. The second kappa shape index (κ2) is 9.37. The highest BCUT2D eigenvalue weighted by atomic mass is 32.2. The van der Waals surface area contributed by atoms with Crippen LogP contribution in [0, 0.1) is 5.92 Å². The summed E-state index contributed by atoms with van der Waals surface area (Å²) in [7, 11) is -3.58. The third-order valence-electron chi connectivity index (χ3n) is 5.50. The van der Waals surface area contributed by atoms with Crippen LogP contribution in [0.4, 0.5) is 0 Å². The highest BCUT2D eigenvalue weighted by Gasteiger charge is 2.31. The lowest BCUT2D eigenvalue weighted by Crippen LogP contribution is -2.48. The number of carbonyl (C=O) groups excluding carboxylic acids is 2. The van der Waals surface area contributed by atoms with Gasteiger partial charge in [0.25, 0.3) is 0 Å². The van der Waals surface area contributed by atoms with Crippen molar-refractivity contribution in [1.82, 2.24) is 14.9 Å². The van der Waals surface area contributed by atoms with E-state index in [1.165, 1.54) is 13.3 Å². The maximum absolute atomic E-state index is 12.6. The number of nitrogens with one attached hydrogen (secondary N) is 2. The fraction of sp³-hybridized carbons (Fsp3) is 0.684. The molecule has 0 atom stereocenters. The molecule has 0 spiro atoms. The zero-order chi connectivity index (χ0) is 20.1. The van der Waals surface area contributed by atoms with Crippen LogP contribution in [0.15, 0.2) is 16.3 Å². The number of thiophene rings is 1. The van der Waals surface area contributed by atoms with Gasteiger partial charge >= 0.3 is 0 Å². The van der Waals surface area contributed by atoms with E-state index >= 15 is 0 Å². The Bertz CT molecular complexity index is 792. The lowest BCUT2D eigenvalue weighted by atomic mass is 9.87. The third-order valence-corrected chi connectivity index (χ3v) is 8.59. The minimum absolute atomic E-state index is 0.148. The maximum Gasteiger partial charge on any atom is 0.250 e. The van der Waals surface area contributed by atoms with E-state index in [0.29, 0.717) is 32.5 Å². The number of rotatable bonds is 6. The molecule has 0 unspecified atom stereocenters. The van der Waals surface area contributed by atoms with Crippen molar-refractivity contribution in [3.8, 4) is 0 Å². The molecule has 1 aromatic heterocycles. The van der Waals surface area contributed by atoms with E-state index in [9.17, 15) is 18.0 Å². The first-order valence-electron chi connectivity index (χ1n) is 9.99. The normalized spacial score (nSPS) is 19.5. The zero-order valence-electron chi connectivity index (χ0n) is 16.3. The van der Waals surface area contributed by atoms with Crippen molar-refractivity contribution >= 4 is 33.2 Å². The summed E-state index contributed by atoms with van der Waals surface area (Å²) in [6, 6.07) is 3.15. The standard InChI is InChI=1S/C19H29N3O4S2/c1-14(23)20-13-17-7-8-18(27-17)28(25,26)21-16-9-11-22(12-10-16)19(24)15-5-3-2-4-6-15/h7-8,15-16,21H,2-6,9-13H2,1H3,(H,20,23). The first kappa shape index (κ1) is 21.3. The molecule has 1 saturated carbocycles. The molecule has 0 aromatic carbocycles. The second-order valence-electron chi connectivity index (χ2n) is 7.69. The summed E-state index contributed by atoms with van der Waals surface area (Å²) >= 11 is 1.16. The molecule has 1 aliphatic heterocycles. The molecule has 2 aliphatic rings. The fourth-order valence-corrected chi connectivity index (χ4v) is 6.53. The van der Waals surface area contributed by atoms with Crippen molar-refractivity contribution in [3.63, 3.8) is 0 Å². The molecule has 2 fully saturated rings. The molecule has 1 aromatic rings. The lowest BCUT2D eigenvalue weighted by molar-refractivity contribution is -0.137. The summed E-state index contributed by atoms with van der Waals surface area (Å²) in [5, 5.41) is 2.67. The number of hydrogen-bond acceptors (Lipinski definition) is 5. The van der Waals surface area contributed by atoms with E-state index in [2.05, 4.69) is 10.0 Å². The number of piperidine rings is 1. The van der Waals surface area contributed by atoms with Gasteiger partial charge < -0.3 is 10.2 Å². The molecular weight excluding hydrogens is 398 g/mol. The number of amides is 2. The highest BCUT2D eigenvalue weighted by molar-refractivity contribution is 7.91. The minimum atomic E-state index is -3.58. The molecule has 156 valence electrons. The third kappa shape index (κ3) is 5.55. The first-order chi connectivity index (χ1) is 13.3. The van der Waals surface area contributed by atoms with Crippen LogP contribution in [-0.2, 0) is 26.2 Å². The Morgan fingerprint density at radius 1 is 1.11 bits per heavy atom. The monoisotopic (exact) mass is 427 g/mol. The van der Waals surface area contributed by atoms with Crippen molar-refractivity contribution in [2.75, 3.05) is 13.1 Å². The van der Waals surface area contributed by atoms with Gasteiger partial charge in [0, 0.05) is 36.9 Å².